The largest absolute Gasteiger partial charge is 0.396 e. The maximum Gasteiger partial charge on any atom is 0.241 e. The number of amides is 2. The summed E-state index contributed by atoms with van der Waals surface area (Å²) in [5.74, 6) is 0.513. The molecule has 4 rings (SSSR count). The SMILES string of the molecule is C/C=C\C(=N/N(C=O)CC(=O)NCC)c1ccc(NC23CC(CO)(C2)C3)nc1. The summed E-state index contributed by atoms with van der Waals surface area (Å²) < 4.78 is 0. The van der Waals surface area contributed by atoms with Crippen molar-refractivity contribution in [2.75, 3.05) is 25.0 Å². The monoisotopic (exact) mass is 385 g/mol. The third kappa shape index (κ3) is 4.06. The van der Waals surface area contributed by atoms with Gasteiger partial charge in [-0.2, -0.15) is 5.10 Å². The van der Waals surface area contributed by atoms with Gasteiger partial charge in [-0.15, -0.1) is 0 Å². The van der Waals surface area contributed by atoms with E-state index in [-0.39, 0.29) is 30.0 Å². The molecule has 3 fully saturated rings. The van der Waals surface area contributed by atoms with Gasteiger partial charge in [0.25, 0.3) is 0 Å². The molecule has 0 saturated heterocycles. The Labute approximate surface area is 164 Å². The number of hydrogen-bond acceptors (Lipinski definition) is 6. The van der Waals surface area contributed by atoms with E-state index in [1.165, 1.54) is 0 Å². The van der Waals surface area contributed by atoms with Crippen molar-refractivity contribution in [1.82, 2.24) is 15.3 Å². The number of aliphatic hydroxyl groups excluding tert-OH is 1. The van der Waals surface area contributed by atoms with E-state index in [0.29, 0.717) is 18.7 Å². The first-order valence-corrected chi connectivity index (χ1v) is 9.52. The zero-order valence-corrected chi connectivity index (χ0v) is 16.3. The first-order chi connectivity index (χ1) is 13.5. The van der Waals surface area contributed by atoms with Crippen LogP contribution in [0.5, 0.6) is 0 Å². The lowest BCUT2D eigenvalue weighted by atomic mass is 9.39. The Balaban J connectivity index is 1.68. The first-order valence-electron chi connectivity index (χ1n) is 9.52. The molecule has 3 aliphatic rings. The molecular weight excluding hydrogens is 358 g/mol. The van der Waals surface area contributed by atoms with Crippen LogP contribution in [0.25, 0.3) is 0 Å². The highest BCUT2D eigenvalue weighted by Crippen LogP contribution is 2.67. The van der Waals surface area contributed by atoms with E-state index in [9.17, 15) is 14.7 Å². The van der Waals surface area contributed by atoms with Gasteiger partial charge in [0.05, 0.1) is 5.71 Å². The zero-order valence-electron chi connectivity index (χ0n) is 16.3. The fourth-order valence-corrected chi connectivity index (χ4v) is 4.17. The molecule has 0 spiro atoms. The molecule has 0 atom stereocenters. The van der Waals surface area contributed by atoms with Crippen molar-refractivity contribution in [2.45, 2.75) is 38.6 Å². The van der Waals surface area contributed by atoms with Crippen LogP contribution in [-0.4, -0.2) is 58.4 Å². The average Bonchev–Trinajstić information content (AvgIpc) is 2.63. The van der Waals surface area contributed by atoms with Crippen molar-refractivity contribution < 1.29 is 14.7 Å². The normalized spacial score (nSPS) is 25.6. The van der Waals surface area contributed by atoms with Crippen LogP contribution >= 0.6 is 0 Å². The zero-order chi connectivity index (χ0) is 20.2. The minimum atomic E-state index is -0.268. The van der Waals surface area contributed by atoms with Crippen LogP contribution in [0, 0.1) is 5.41 Å². The standard InChI is InChI=1S/C20H27N5O3/c1-3-5-16(24-25(14-27)9-18(28)21-4-2)15-6-7-17(22-8-15)23-20-10-19(11-20,12-20)13-26/h3,5-8,14,26H,4,9-13H2,1-2H3,(H,21,28)(H,22,23)/b5-3-,24-16+. The van der Waals surface area contributed by atoms with Crippen LogP contribution in [-0.2, 0) is 9.59 Å². The molecule has 0 radical (unpaired) electrons. The van der Waals surface area contributed by atoms with E-state index in [4.69, 9.17) is 0 Å². The van der Waals surface area contributed by atoms with Gasteiger partial charge in [-0.05, 0) is 51.3 Å². The van der Waals surface area contributed by atoms with Crippen LogP contribution in [0.1, 0.15) is 38.7 Å². The van der Waals surface area contributed by atoms with Crippen LogP contribution in [0.2, 0.25) is 0 Å². The predicted molar refractivity (Wildman–Crippen MR) is 107 cm³/mol. The fourth-order valence-electron chi connectivity index (χ4n) is 4.17. The number of hydrazone groups is 1. The highest BCUT2D eigenvalue weighted by atomic mass is 16.3. The number of rotatable bonds is 10. The van der Waals surface area contributed by atoms with Crippen molar-refractivity contribution >= 4 is 23.8 Å². The summed E-state index contributed by atoms with van der Waals surface area (Å²) in [5.41, 5.74) is 1.51. The van der Waals surface area contributed by atoms with Gasteiger partial charge in [-0.25, -0.2) is 9.99 Å². The van der Waals surface area contributed by atoms with Crippen molar-refractivity contribution in [3.63, 3.8) is 0 Å². The smallest absolute Gasteiger partial charge is 0.241 e. The number of carbonyl (C=O) groups is 2. The fraction of sp³-hybridized carbons (Fsp3) is 0.500. The minimum absolute atomic E-state index is 0.0818. The lowest BCUT2D eigenvalue weighted by molar-refractivity contribution is -0.146. The van der Waals surface area contributed by atoms with Gasteiger partial charge in [0, 0.05) is 35.9 Å². The second-order valence-electron chi connectivity index (χ2n) is 7.67. The van der Waals surface area contributed by atoms with E-state index < -0.39 is 0 Å². The maximum absolute atomic E-state index is 11.7. The van der Waals surface area contributed by atoms with E-state index in [2.05, 4.69) is 20.7 Å². The van der Waals surface area contributed by atoms with Gasteiger partial charge >= 0.3 is 0 Å². The summed E-state index contributed by atoms with van der Waals surface area (Å²) in [7, 11) is 0. The number of pyridine rings is 1. The first kappa shape index (κ1) is 20.0. The molecule has 2 amide bonds. The van der Waals surface area contributed by atoms with Crippen molar-refractivity contribution in [2.24, 2.45) is 10.5 Å². The van der Waals surface area contributed by atoms with Crippen molar-refractivity contribution in [3.8, 4) is 0 Å². The third-order valence-corrected chi connectivity index (χ3v) is 5.29. The molecule has 1 aromatic rings. The molecular formula is C20H27N5O3. The number of hydrogen-bond donors (Lipinski definition) is 3. The molecule has 8 heteroatoms. The maximum atomic E-state index is 11.7. The number of aromatic nitrogens is 1. The summed E-state index contributed by atoms with van der Waals surface area (Å²) in [6.45, 7) is 4.29. The Kier molecular flexibility index (Phi) is 5.79. The number of anilines is 1. The summed E-state index contributed by atoms with van der Waals surface area (Å²) in [6, 6.07) is 3.77. The lowest BCUT2D eigenvalue weighted by Gasteiger charge is -2.70. The van der Waals surface area contributed by atoms with Crippen molar-refractivity contribution in [1.29, 1.82) is 0 Å². The summed E-state index contributed by atoms with van der Waals surface area (Å²) in [6.07, 6.45) is 8.77. The molecule has 150 valence electrons. The molecule has 0 aromatic carbocycles. The molecule has 1 heterocycles. The van der Waals surface area contributed by atoms with Gasteiger partial charge in [0.2, 0.25) is 12.3 Å². The molecule has 3 N–H and O–H groups in total. The highest BCUT2D eigenvalue weighted by Gasteiger charge is 2.67. The van der Waals surface area contributed by atoms with E-state index in [0.717, 1.165) is 35.7 Å². The van der Waals surface area contributed by atoms with Crippen molar-refractivity contribution in [3.05, 3.63) is 36.0 Å². The average molecular weight is 385 g/mol. The molecule has 8 nitrogen and oxygen atoms in total. The van der Waals surface area contributed by atoms with Gasteiger partial charge in [-0.3, -0.25) is 9.59 Å². The molecule has 3 saturated carbocycles. The highest BCUT2D eigenvalue weighted by molar-refractivity contribution is 6.08. The van der Waals surface area contributed by atoms with Crippen LogP contribution in [0.4, 0.5) is 5.82 Å². The van der Waals surface area contributed by atoms with Crippen LogP contribution < -0.4 is 10.6 Å². The van der Waals surface area contributed by atoms with E-state index in [1.54, 1.807) is 12.3 Å². The Morgan fingerprint density at radius 1 is 1.39 bits per heavy atom. The van der Waals surface area contributed by atoms with Gasteiger partial charge in [0.1, 0.15) is 12.4 Å². The van der Waals surface area contributed by atoms with E-state index in [1.807, 2.05) is 32.1 Å². The Hall–Kier alpha value is -2.74. The third-order valence-electron chi connectivity index (χ3n) is 5.29. The number of nitrogens with zero attached hydrogens (tertiary/aromatic N) is 3. The van der Waals surface area contributed by atoms with E-state index >= 15 is 0 Å². The molecule has 28 heavy (non-hydrogen) atoms. The number of allylic oxidation sites excluding steroid dienone is 2. The number of carbonyl (C=O) groups excluding carboxylic acids is 2. The molecule has 1 aromatic heterocycles. The Morgan fingerprint density at radius 2 is 2.14 bits per heavy atom. The quantitative estimate of drug-likeness (QED) is 0.320. The summed E-state index contributed by atoms with van der Waals surface area (Å²) in [5, 5.41) is 20.8. The number of likely N-dealkylation sites (N-methyl/N-ethyl adjacent to an activating group) is 1. The second kappa shape index (κ2) is 8.10. The van der Waals surface area contributed by atoms with Gasteiger partial charge < -0.3 is 15.7 Å². The number of aliphatic hydroxyl groups is 1. The van der Waals surface area contributed by atoms with Gasteiger partial charge in [0.15, 0.2) is 0 Å². The van der Waals surface area contributed by atoms with Crippen LogP contribution in [0.15, 0.2) is 35.6 Å². The Morgan fingerprint density at radius 3 is 2.68 bits per heavy atom. The molecule has 0 aliphatic heterocycles. The topological polar surface area (TPSA) is 107 Å². The number of nitrogens with one attached hydrogen (secondary N) is 2. The minimum Gasteiger partial charge on any atom is -0.396 e. The second-order valence-corrected chi connectivity index (χ2v) is 7.67. The molecule has 2 bridgehead atoms. The predicted octanol–water partition coefficient (Wildman–Crippen LogP) is 1.28. The molecule has 3 aliphatic carbocycles. The lowest BCUT2D eigenvalue weighted by Crippen LogP contribution is -2.72. The molecule has 0 unspecified atom stereocenters. The van der Waals surface area contributed by atoms with Crippen LogP contribution in [0.3, 0.4) is 0 Å². The summed E-state index contributed by atoms with van der Waals surface area (Å²) in [4.78, 5) is 27.5. The van der Waals surface area contributed by atoms with Gasteiger partial charge in [-0.1, -0.05) is 6.08 Å². The summed E-state index contributed by atoms with van der Waals surface area (Å²) >= 11 is 0. The Bertz CT molecular complexity index is 768.